The minimum absolute atomic E-state index is 0.143. The average molecular weight is 369 g/mol. The number of alkyl halides is 3. The molecular formula is C19H26F3N3O. The summed E-state index contributed by atoms with van der Waals surface area (Å²) in [6.45, 7) is 9.17. The number of benzene rings is 1. The van der Waals surface area contributed by atoms with Gasteiger partial charge in [0.05, 0.1) is 35.3 Å². The third-order valence-electron chi connectivity index (χ3n) is 4.75. The van der Waals surface area contributed by atoms with Gasteiger partial charge in [0, 0.05) is 19.6 Å². The van der Waals surface area contributed by atoms with Gasteiger partial charge in [0.15, 0.2) is 0 Å². The lowest BCUT2D eigenvalue weighted by molar-refractivity contribution is -0.137. The van der Waals surface area contributed by atoms with Gasteiger partial charge in [-0.1, -0.05) is 13.3 Å². The summed E-state index contributed by atoms with van der Waals surface area (Å²) in [4.78, 5) is 6.84. The Kier molecular flexibility index (Phi) is 5.58. The van der Waals surface area contributed by atoms with Gasteiger partial charge in [-0.3, -0.25) is 4.90 Å². The lowest BCUT2D eigenvalue weighted by atomic mass is 10.2. The van der Waals surface area contributed by atoms with Gasteiger partial charge in [0.2, 0.25) is 0 Å². The summed E-state index contributed by atoms with van der Waals surface area (Å²) in [5.41, 5.74) is 0.543. The summed E-state index contributed by atoms with van der Waals surface area (Å²) in [6.07, 6.45) is -2.08. The standard InChI is InChI=1S/C19H26F3N3O/c1-4-5-8-25-17-7-6-15(19(20,21)22)9-16(17)23-18(25)12-24-10-13(2)26-14(3)11-24/h6-7,9,13-14H,4-5,8,10-12H2,1-3H3. The first-order valence-electron chi connectivity index (χ1n) is 9.22. The van der Waals surface area contributed by atoms with Gasteiger partial charge in [0.1, 0.15) is 5.82 Å². The zero-order valence-corrected chi connectivity index (χ0v) is 15.5. The summed E-state index contributed by atoms with van der Waals surface area (Å²) in [6, 6.07) is 3.86. The van der Waals surface area contributed by atoms with E-state index < -0.39 is 11.7 Å². The van der Waals surface area contributed by atoms with E-state index in [2.05, 4.69) is 21.4 Å². The highest BCUT2D eigenvalue weighted by Gasteiger charge is 2.31. The molecular weight excluding hydrogens is 343 g/mol. The lowest BCUT2D eigenvalue weighted by Gasteiger charge is -2.35. The van der Waals surface area contributed by atoms with Crippen LogP contribution in [0.2, 0.25) is 0 Å². The first-order valence-corrected chi connectivity index (χ1v) is 9.22. The van der Waals surface area contributed by atoms with Gasteiger partial charge in [-0.2, -0.15) is 13.2 Å². The molecule has 2 atom stereocenters. The fourth-order valence-electron chi connectivity index (χ4n) is 3.66. The fraction of sp³-hybridized carbons (Fsp3) is 0.632. The van der Waals surface area contributed by atoms with Crippen LogP contribution in [0, 0.1) is 0 Å². The number of hydrogen-bond donors (Lipinski definition) is 0. The van der Waals surface area contributed by atoms with Crippen LogP contribution in [0.3, 0.4) is 0 Å². The van der Waals surface area contributed by atoms with Crippen molar-refractivity contribution in [2.45, 2.75) is 65.1 Å². The van der Waals surface area contributed by atoms with Crippen molar-refractivity contribution in [1.29, 1.82) is 0 Å². The van der Waals surface area contributed by atoms with Crippen LogP contribution in [0.15, 0.2) is 18.2 Å². The predicted molar refractivity (Wildman–Crippen MR) is 94.9 cm³/mol. The van der Waals surface area contributed by atoms with Crippen LogP contribution in [0.4, 0.5) is 13.2 Å². The highest BCUT2D eigenvalue weighted by atomic mass is 19.4. The average Bonchev–Trinajstić information content (AvgIpc) is 2.87. The van der Waals surface area contributed by atoms with Gasteiger partial charge < -0.3 is 9.30 Å². The molecule has 0 bridgehead atoms. The summed E-state index contributed by atoms with van der Waals surface area (Å²) >= 11 is 0. The Morgan fingerprint density at radius 2 is 1.88 bits per heavy atom. The number of nitrogens with zero attached hydrogens (tertiary/aromatic N) is 3. The number of fused-ring (bicyclic) bond motifs is 1. The highest BCUT2D eigenvalue weighted by Crippen LogP contribution is 2.32. The smallest absolute Gasteiger partial charge is 0.373 e. The first kappa shape index (κ1) is 19.2. The predicted octanol–water partition coefficient (Wildman–Crippen LogP) is 4.46. The van der Waals surface area contributed by atoms with Crippen molar-refractivity contribution in [3.8, 4) is 0 Å². The van der Waals surface area contributed by atoms with E-state index in [0.29, 0.717) is 12.1 Å². The Balaban J connectivity index is 1.94. The summed E-state index contributed by atoms with van der Waals surface area (Å²) in [5, 5.41) is 0. The number of ether oxygens (including phenoxy) is 1. The number of aromatic nitrogens is 2. The third-order valence-corrected chi connectivity index (χ3v) is 4.75. The highest BCUT2D eigenvalue weighted by molar-refractivity contribution is 5.77. The Labute approximate surface area is 151 Å². The largest absolute Gasteiger partial charge is 0.416 e. The topological polar surface area (TPSA) is 30.3 Å². The number of unbranched alkanes of at least 4 members (excludes halogenated alkanes) is 1. The van der Waals surface area contributed by atoms with Crippen LogP contribution in [0.1, 0.15) is 45.0 Å². The summed E-state index contributed by atoms with van der Waals surface area (Å²) in [7, 11) is 0. The van der Waals surface area contributed by atoms with Crippen molar-refractivity contribution in [2.75, 3.05) is 13.1 Å². The molecule has 2 aromatic rings. The zero-order valence-electron chi connectivity index (χ0n) is 15.5. The minimum Gasteiger partial charge on any atom is -0.373 e. The molecule has 0 amide bonds. The normalized spacial score (nSPS) is 22.2. The quantitative estimate of drug-likeness (QED) is 0.779. The van der Waals surface area contributed by atoms with Gasteiger partial charge in [-0.25, -0.2) is 4.98 Å². The zero-order chi connectivity index (χ0) is 18.9. The van der Waals surface area contributed by atoms with Crippen LogP contribution in [0.5, 0.6) is 0 Å². The summed E-state index contributed by atoms with van der Waals surface area (Å²) < 4.78 is 46.9. The van der Waals surface area contributed by atoms with Gasteiger partial charge >= 0.3 is 6.18 Å². The van der Waals surface area contributed by atoms with E-state index >= 15 is 0 Å². The maximum absolute atomic E-state index is 13.0. The molecule has 1 saturated heterocycles. The third kappa shape index (κ3) is 4.20. The van der Waals surface area contributed by atoms with Crippen LogP contribution in [0.25, 0.3) is 11.0 Å². The molecule has 3 rings (SSSR count). The van der Waals surface area contributed by atoms with E-state index in [0.717, 1.165) is 55.9 Å². The second-order valence-corrected chi connectivity index (χ2v) is 7.19. The molecule has 0 radical (unpaired) electrons. The Bertz CT molecular complexity index is 746. The molecule has 2 unspecified atom stereocenters. The van der Waals surface area contributed by atoms with E-state index in [1.54, 1.807) is 6.07 Å². The van der Waals surface area contributed by atoms with Crippen molar-refractivity contribution in [3.05, 3.63) is 29.6 Å². The van der Waals surface area contributed by atoms with Crippen molar-refractivity contribution < 1.29 is 17.9 Å². The van der Waals surface area contributed by atoms with Crippen LogP contribution in [-0.2, 0) is 24.0 Å². The molecule has 1 aromatic carbocycles. The van der Waals surface area contributed by atoms with E-state index in [-0.39, 0.29) is 12.2 Å². The van der Waals surface area contributed by atoms with Crippen molar-refractivity contribution in [3.63, 3.8) is 0 Å². The molecule has 4 nitrogen and oxygen atoms in total. The molecule has 1 fully saturated rings. The summed E-state index contributed by atoms with van der Waals surface area (Å²) in [5.74, 6) is 0.828. The second kappa shape index (κ2) is 7.56. The Morgan fingerprint density at radius 3 is 2.50 bits per heavy atom. The number of morpholine rings is 1. The van der Waals surface area contributed by atoms with Crippen molar-refractivity contribution in [2.24, 2.45) is 0 Å². The maximum Gasteiger partial charge on any atom is 0.416 e. The molecule has 0 spiro atoms. The lowest BCUT2D eigenvalue weighted by Crippen LogP contribution is -2.45. The molecule has 1 aliphatic heterocycles. The molecule has 26 heavy (non-hydrogen) atoms. The number of aryl methyl sites for hydroxylation is 1. The molecule has 0 aliphatic carbocycles. The molecule has 7 heteroatoms. The number of imidazole rings is 1. The van der Waals surface area contributed by atoms with Crippen LogP contribution in [-0.4, -0.2) is 39.7 Å². The van der Waals surface area contributed by atoms with E-state index in [1.165, 1.54) is 0 Å². The number of halogens is 3. The molecule has 1 aliphatic rings. The van der Waals surface area contributed by atoms with Crippen LogP contribution >= 0.6 is 0 Å². The number of hydrogen-bond acceptors (Lipinski definition) is 3. The van der Waals surface area contributed by atoms with E-state index in [1.807, 2.05) is 13.8 Å². The van der Waals surface area contributed by atoms with Gasteiger partial charge in [0.25, 0.3) is 0 Å². The first-order chi connectivity index (χ1) is 12.3. The number of rotatable bonds is 5. The Hall–Kier alpha value is -1.60. The molecule has 2 heterocycles. The van der Waals surface area contributed by atoms with Crippen molar-refractivity contribution >= 4 is 11.0 Å². The van der Waals surface area contributed by atoms with Gasteiger partial charge in [-0.15, -0.1) is 0 Å². The minimum atomic E-state index is -4.35. The fourth-order valence-corrected chi connectivity index (χ4v) is 3.66. The second-order valence-electron chi connectivity index (χ2n) is 7.19. The van der Waals surface area contributed by atoms with Crippen molar-refractivity contribution in [1.82, 2.24) is 14.5 Å². The maximum atomic E-state index is 13.0. The molecule has 1 aromatic heterocycles. The molecule has 144 valence electrons. The molecule has 0 N–H and O–H groups in total. The van der Waals surface area contributed by atoms with Crippen LogP contribution < -0.4 is 0 Å². The molecule has 0 saturated carbocycles. The monoisotopic (exact) mass is 369 g/mol. The van der Waals surface area contributed by atoms with Gasteiger partial charge in [-0.05, 0) is 38.5 Å². The Morgan fingerprint density at radius 1 is 1.19 bits per heavy atom. The van der Waals surface area contributed by atoms with E-state index in [4.69, 9.17) is 4.74 Å². The SMILES string of the molecule is CCCCn1c(CN2CC(C)OC(C)C2)nc2cc(C(F)(F)F)ccc21. The van der Waals surface area contributed by atoms with E-state index in [9.17, 15) is 13.2 Å².